The highest BCUT2D eigenvalue weighted by atomic mass is 32.2. The van der Waals surface area contributed by atoms with E-state index in [0.717, 1.165) is 0 Å². The van der Waals surface area contributed by atoms with Crippen molar-refractivity contribution in [2.45, 2.75) is 31.8 Å². The first-order valence-electron chi connectivity index (χ1n) is 6.12. The van der Waals surface area contributed by atoms with E-state index in [1.807, 2.05) is 6.92 Å². The zero-order chi connectivity index (χ0) is 14.5. The van der Waals surface area contributed by atoms with Gasteiger partial charge in [0.1, 0.15) is 0 Å². The third kappa shape index (κ3) is 3.35. The summed E-state index contributed by atoms with van der Waals surface area (Å²) >= 11 is 0. The van der Waals surface area contributed by atoms with E-state index >= 15 is 0 Å². The first kappa shape index (κ1) is 15.7. The minimum absolute atomic E-state index is 0.0545. The van der Waals surface area contributed by atoms with Crippen LogP contribution in [-0.4, -0.2) is 30.9 Å². The van der Waals surface area contributed by atoms with Crippen LogP contribution in [0.5, 0.6) is 0 Å². The van der Waals surface area contributed by atoms with Crippen LogP contribution in [0.25, 0.3) is 0 Å². The molecular formula is C14H19NO3S. The van der Waals surface area contributed by atoms with Crippen molar-refractivity contribution < 1.29 is 13.5 Å². The lowest BCUT2D eigenvalue weighted by Crippen LogP contribution is -2.32. The summed E-state index contributed by atoms with van der Waals surface area (Å²) in [6.07, 6.45) is 5.93. The molecule has 0 radical (unpaired) electrons. The number of rotatable bonds is 6. The zero-order valence-electron chi connectivity index (χ0n) is 11.3. The van der Waals surface area contributed by atoms with Gasteiger partial charge < -0.3 is 5.11 Å². The Bertz CT molecular complexity index is 573. The molecule has 0 saturated carbocycles. The van der Waals surface area contributed by atoms with E-state index in [0.29, 0.717) is 24.1 Å². The highest BCUT2D eigenvalue weighted by Crippen LogP contribution is 2.22. The van der Waals surface area contributed by atoms with Gasteiger partial charge in [0.15, 0.2) is 0 Å². The Morgan fingerprint density at radius 3 is 2.63 bits per heavy atom. The van der Waals surface area contributed by atoms with E-state index < -0.39 is 10.0 Å². The molecule has 0 aliphatic heterocycles. The van der Waals surface area contributed by atoms with Gasteiger partial charge in [-0.1, -0.05) is 25.0 Å². The second kappa shape index (κ2) is 6.71. The quantitative estimate of drug-likeness (QED) is 0.804. The number of aliphatic hydroxyl groups is 1. The Morgan fingerprint density at radius 1 is 1.42 bits per heavy atom. The van der Waals surface area contributed by atoms with Gasteiger partial charge in [0.2, 0.25) is 10.0 Å². The second-order valence-corrected chi connectivity index (χ2v) is 6.15. The molecule has 0 aliphatic rings. The molecule has 0 amide bonds. The van der Waals surface area contributed by atoms with E-state index in [-0.39, 0.29) is 18.0 Å². The van der Waals surface area contributed by atoms with Crippen molar-refractivity contribution in [3.63, 3.8) is 0 Å². The molecule has 1 aromatic rings. The van der Waals surface area contributed by atoms with Gasteiger partial charge in [0.05, 0.1) is 18.0 Å². The predicted octanol–water partition coefficient (Wildman–Crippen LogP) is 1.52. The summed E-state index contributed by atoms with van der Waals surface area (Å²) in [5.74, 6) is 2.37. The largest absolute Gasteiger partial charge is 0.392 e. The maximum Gasteiger partial charge on any atom is 0.244 e. The molecule has 0 atom stereocenters. The molecule has 0 unspecified atom stereocenters. The molecule has 0 spiro atoms. The molecule has 4 nitrogen and oxygen atoms in total. The molecule has 0 aliphatic carbocycles. The maximum absolute atomic E-state index is 12.5. The molecule has 0 bridgehead atoms. The number of hydrogen-bond acceptors (Lipinski definition) is 3. The Morgan fingerprint density at radius 2 is 2.11 bits per heavy atom. The van der Waals surface area contributed by atoms with Crippen LogP contribution in [0, 0.1) is 19.3 Å². The summed E-state index contributed by atoms with van der Waals surface area (Å²) in [6, 6.07) is 4.88. The molecule has 0 saturated heterocycles. The minimum Gasteiger partial charge on any atom is -0.392 e. The summed E-state index contributed by atoms with van der Waals surface area (Å²) < 4.78 is 26.4. The average molecular weight is 281 g/mol. The zero-order valence-corrected chi connectivity index (χ0v) is 12.1. The molecular weight excluding hydrogens is 262 g/mol. The summed E-state index contributed by atoms with van der Waals surface area (Å²) in [7, 11) is -3.61. The number of nitrogens with zero attached hydrogens (tertiary/aromatic N) is 1. The Balaban J connectivity index is 3.30. The second-order valence-electron chi connectivity index (χ2n) is 4.24. The average Bonchev–Trinajstić information content (AvgIpc) is 2.38. The highest BCUT2D eigenvalue weighted by Gasteiger charge is 2.25. The van der Waals surface area contributed by atoms with Gasteiger partial charge in [0.25, 0.3) is 0 Å². The first-order valence-corrected chi connectivity index (χ1v) is 7.56. The van der Waals surface area contributed by atoms with Crippen molar-refractivity contribution in [2.75, 3.05) is 13.1 Å². The molecule has 19 heavy (non-hydrogen) atoms. The Kier molecular flexibility index (Phi) is 5.55. The van der Waals surface area contributed by atoms with Gasteiger partial charge in [-0.25, -0.2) is 8.42 Å². The number of terminal acetylenes is 1. The van der Waals surface area contributed by atoms with Crippen LogP contribution < -0.4 is 0 Å². The van der Waals surface area contributed by atoms with Crippen molar-refractivity contribution in [1.82, 2.24) is 4.31 Å². The van der Waals surface area contributed by atoms with Gasteiger partial charge in [-0.3, -0.25) is 0 Å². The van der Waals surface area contributed by atoms with Crippen LogP contribution in [0.1, 0.15) is 24.5 Å². The molecule has 0 aromatic heterocycles. The number of aliphatic hydroxyl groups excluding tert-OH is 1. The molecule has 0 fully saturated rings. The van der Waals surface area contributed by atoms with Gasteiger partial charge in [0, 0.05) is 6.54 Å². The van der Waals surface area contributed by atoms with E-state index in [2.05, 4.69) is 5.92 Å². The number of hydrogen-bond donors (Lipinski definition) is 1. The van der Waals surface area contributed by atoms with E-state index in [4.69, 9.17) is 6.42 Å². The summed E-state index contributed by atoms with van der Waals surface area (Å²) in [5.41, 5.74) is 1.18. The van der Waals surface area contributed by atoms with E-state index in [1.165, 1.54) is 4.31 Å². The number of sulfonamides is 1. The topological polar surface area (TPSA) is 57.6 Å². The van der Waals surface area contributed by atoms with Gasteiger partial charge in [-0.15, -0.1) is 6.42 Å². The molecule has 5 heteroatoms. The smallest absolute Gasteiger partial charge is 0.244 e. The summed E-state index contributed by atoms with van der Waals surface area (Å²) in [4.78, 5) is 0.211. The van der Waals surface area contributed by atoms with Crippen LogP contribution in [0.2, 0.25) is 0 Å². The molecule has 1 aromatic carbocycles. The monoisotopic (exact) mass is 281 g/mol. The van der Waals surface area contributed by atoms with E-state index in [9.17, 15) is 13.5 Å². The van der Waals surface area contributed by atoms with Crippen molar-refractivity contribution >= 4 is 10.0 Å². The van der Waals surface area contributed by atoms with Crippen molar-refractivity contribution in [1.29, 1.82) is 0 Å². The molecule has 1 N–H and O–H groups in total. The van der Waals surface area contributed by atoms with Gasteiger partial charge in [-0.2, -0.15) is 4.31 Å². The third-order valence-electron chi connectivity index (χ3n) is 2.93. The van der Waals surface area contributed by atoms with Crippen LogP contribution in [-0.2, 0) is 16.6 Å². The lowest BCUT2D eigenvalue weighted by Gasteiger charge is -2.21. The highest BCUT2D eigenvalue weighted by molar-refractivity contribution is 7.89. The Hall–Kier alpha value is -1.35. The van der Waals surface area contributed by atoms with Crippen LogP contribution in [0.4, 0.5) is 0 Å². The fraction of sp³-hybridized carbons (Fsp3) is 0.429. The van der Waals surface area contributed by atoms with Crippen molar-refractivity contribution in [3.05, 3.63) is 29.3 Å². The molecule has 0 heterocycles. The van der Waals surface area contributed by atoms with E-state index in [1.54, 1.807) is 25.1 Å². The normalized spacial score (nSPS) is 11.5. The first-order chi connectivity index (χ1) is 8.98. The number of benzene rings is 1. The lowest BCUT2D eigenvalue weighted by atomic mass is 10.1. The fourth-order valence-electron chi connectivity index (χ4n) is 1.89. The summed E-state index contributed by atoms with van der Waals surface area (Å²) in [6.45, 7) is 3.85. The van der Waals surface area contributed by atoms with Crippen molar-refractivity contribution in [2.24, 2.45) is 0 Å². The lowest BCUT2D eigenvalue weighted by molar-refractivity contribution is 0.280. The van der Waals surface area contributed by atoms with Crippen LogP contribution in [0.3, 0.4) is 0 Å². The molecule has 1 rings (SSSR count). The minimum atomic E-state index is -3.61. The van der Waals surface area contributed by atoms with Gasteiger partial charge in [-0.05, 0) is 30.5 Å². The SMILES string of the molecule is C#CCN(CCC)S(=O)(=O)c1cccc(CO)c1C. The maximum atomic E-state index is 12.5. The van der Waals surface area contributed by atoms with Crippen molar-refractivity contribution in [3.8, 4) is 12.3 Å². The Labute approximate surface area is 115 Å². The van der Waals surface area contributed by atoms with Crippen LogP contribution in [0.15, 0.2) is 23.1 Å². The predicted molar refractivity (Wildman–Crippen MR) is 75.0 cm³/mol. The van der Waals surface area contributed by atoms with Crippen LogP contribution >= 0.6 is 0 Å². The summed E-state index contributed by atoms with van der Waals surface area (Å²) in [5, 5.41) is 9.21. The third-order valence-corrected chi connectivity index (χ3v) is 4.91. The van der Waals surface area contributed by atoms with Gasteiger partial charge >= 0.3 is 0 Å². The standard InChI is InChI=1S/C14H19NO3S/c1-4-9-15(10-5-2)19(17,18)14-8-6-7-13(11-16)12(14)3/h1,6-8,16H,5,9-11H2,2-3H3. The molecule has 104 valence electrons. The fourth-order valence-corrected chi connectivity index (χ4v) is 3.60.